The van der Waals surface area contributed by atoms with Crippen LogP contribution in [0.15, 0.2) is 51.8 Å². The molecule has 0 fully saturated rings. The zero-order valence-corrected chi connectivity index (χ0v) is 14.8. The van der Waals surface area contributed by atoms with E-state index in [1.54, 1.807) is 24.3 Å². The Morgan fingerprint density at radius 1 is 1.21 bits per heavy atom. The number of halogens is 1. The van der Waals surface area contributed by atoms with Crippen LogP contribution < -0.4 is 0 Å². The second-order valence-electron chi connectivity index (χ2n) is 4.91. The number of ether oxygens (including phenoxy) is 1. The largest absolute Gasteiger partial charge is 0.457 e. The number of carbonyl (C=O) groups excluding carboxylic acids is 1. The molecule has 0 heterocycles. The zero-order chi connectivity index (χ0) is 17.9. The van der Waals surface area contributed by atoms with Crippen molar-refractivity contribution in [2.45, 2.75) is 11.5 Å². The molecule has 0 aliphatic heterocycles. The predicted octanol–water partition coefficient (Wildman–Crippen LogP) is 3.12. The third-order valence-electron chi connectivity index (χ3n) is 3.07. The summed E-state index contributed by atoms with van der Waals surface area (Å²) < 4.78 is 29.1. The SMILES string of the molecule is CS(=O)(=O)c1ccc(C(=O)OCc2ccc(Br)cc2)cc1[N+](=O)[O-]. The van der Waals surface area contributed by atoms with Crippen LogP contribution >= 0.6 is 15.9 Å². The molecule has 2 aromatic rings. The van der Waals surface area contributed by atoms with Gasteiger partial charge in [-0.05, 0) is 29.8 Å². The molecule has 0 aliphatic carbocycles. The molecule has 2 aromatic carbocycles. The average Bonchev–Trinajstić information content (AvgIpc) is 2.52. The second-order valence-corrected chi connectivity index (χ2v) is 7.81. The Labute approximate surface area is 146 Å². The lowest BCUT2D eigenvalue weighted by Gasteiger charge is -2.06. The molecule has 0 atom stereocenters. The molecular weight excluding hydrogens is 402 g/mol. The number of nitro benzene ring substituents is 1. The summed E-state index contributed by atoms with van der Waals surface area (Å²) >= 11 is 3.29. The number of nitro groups is 1. The maximum absolute atomic E-state index is 12.0. The van der Waals surface area contributed by atoms with Crippen molar-refractivity contribution in [2.75, 3.05) is 6.26 Å². The van der Waals surface area contributed by atoms with Gasteiger partial charge in [-0.1, -0.05) is 28.1 Å². The van der Waals surface area contributed by atoms with E-state index in [0.717, 1.165) is 28.4 Å². The van der Waals surface area contributed by atoms with Crippen LogP contribution in [0.2, 0.25) is 0 Å². The van der Waals surface area contributed by atoms with Gasteiger partial charge in [-0.2, -0.15) is 0 Å². The zero-order valence-electron chi connectivity index (χ0n) is 12.4. The first-order valence-electron chi connectivity index (χ1n) is 6.58. The normalized spacial score (nSPS) is 11.1. The number of rotatable bonds is 5. The quantitative estimate of drug-likeness (QED) is 0.423. The van der Waals surface area contributed by atoms with Gasteiger partial charge in [-0.3, -0.25) is 10.1 Å². The summed E-state index contributed by atoms with van der Waals surface area (Å²) in [7, 11) is -3.78. The maximum atomic E-state index is 12.0. The van der Waals surface area contributed by atoms with Gasteiger partial charge >= 0.3 is 5.97 Å². The van der Waals surface area contributed by atoms with Crippen LogP contribution in [-0.2, 0) is 21.2 Å². The molecule has 126 valence electrons. The van der Waals surface area contributed by atoms with E-state index in [1.807, 2.05) is 0 Å². The van der Waals surface area contributed by atoms with Crippen LogP contribution in [0.1, 0.15) is 15.9 Å². The molecule has 0 aliphatic rings. The van der Waals surface area contributed by atoms with Gasteiger partial charge in [0.1, 0.15) is 11.5 Å². The summed E-state index contributed by atoms with van der Waals surface area (Å²) in [6.07, 6.45) is 0.862. The van der Waals surface area contributed by atoms with E-state index in [-0.39, 0.29) is 12.2 Å². The minimum Gasteiger partial charge on any atom is -0.457 e. The first-order valence-corrected chi connectivity index (χ1v) is 9.27. The number of benzene rings is 2. The van der Waals surface area contributed by atoms with Gasteiger partial charge in [0.05, 0.1) is 10.5 Å². The number of carbonyl (C=O) groups is 1. The number of hydrogen-bond donors (Lipinski definition) is 0. The fourth-order valence-corrected chi connectivity index (χ4v) is 3.01. The van der Waals surface area contributed by atoms with Crippen molar-refractivity contribution in [3.63, 3.8) is 0 Å². The van der Waals surface area contributed by atoms with Crippen LogP contribution in [0.25, 0.3) is 0 Å². The van der Waals surface area contributed by atoms with Crippen LogP contribution in [0.3, 0.4) is 0 Å². The van der Waals surface area contributed by atoms with Crippen LogP contribution in [0.5, 0.6) is 0 Å². The van der Waals surface area contributed by atoms with Gasteiger partial charge in [-0.25, -0.2) is 13.2 Å². The molecule has 0 saturated heterocycles. The monoisotopic (exact) mass is 413 g/mol. The molecule has 0 N–H and O–H groups in total. The molecule has 24 heavy (non-hydrogen) atoms. The van der Waals surface area contributed by atoms with Crippen molar-refractivity contribution in [1.82, 2.24) is 0 Å². The molecule has 0 spiro atoms. The number of sulfone groups is 1. The molecule has 0 amide bonds. The van der Waals surface area contributed by atoms with Gasteiger partial charge in [0.25, 0.3) is 5.69 Å². The van der Waals surface area contributed by atoms with Crippen LogP contribution in [0, 0.1) is 10.1 Å². The van der Waals surface area contributed by atoms with Gasteiger partial charge in [0.15, 0.2) is 9.84 Å². The van der Waals surface area contributed by atoms with Gasteiger partial charge < -0.3 is 4.74 Å². The van der Waals surface area contributed by atoms with E-state index >= 15 is 0 Å². The molecule has 9 heteroatoms. The van der Waals surface area contributed by atoms with Crippen molar-refractivity contribution in [1.29, 1.82) is 0 Å². The molecule has 0 radical (unpaired) electrons. The van der Waals surface area contributed by atoms with Gasteiger partial charge in [0.2, 0.25) is 0 Å². The third-order valence-corrected chi connectivity index (χ3v) is 4.75. The Kier molecular flexibility index (Phi) is 5.35. The van der Waals surface area contributed by atoms with E-state index < -0.39 is 31.3 Å². The second kappa shape index (κ2) is 7.10. The molecule has 0 aromatic heterocycles. The minimum absolute atomic E-state index is 0.00621. The summed E-state index contributed by atoms with van der Waals surface area (Å²) in [5.41, 5.74) is -0.00407. The summed E-state index contributed by atoms with van der Waals surface area (Å²) in [5, 5.41) is 11.0. The van der Waals surface area contributed by atoms with Gasteiger partial charge in [0, 0.05) is 16.8 Å². The number of hydrogen-bond acceptors (Lipinski definition) is 6. The fourth-order valence-electron chi connectivity index (χ4n) is 1.91. The highest BCUT2D eigenvalue weighted by Gasteiger charge is 2.24. The number of esters is 1. The Bertz CT molecular complexity index is 893. The predicted molar refractivity (Wildman–Crippen MR) is 89.5 cm³/mol. The first kappa shape index (κ1) is 18.1. The van der Waals surface area contributed by atoms with Crippen LogP contribution in [0.4, 0.5) is 5.69 Å². The van der Waals surface area contributed by atoms with Crippen LogP contribution in [-0.4, -0.2) is 25.6 Å². The Morgan fingerprint density at radius 3 is 2.38 bits per heavy atom. The molecule has 0 saturated carbocycles. The Balaban J connectivity index is 2.22. The fraction of sp³-hybridized carbons (Fsp3) is 0.133. The Morgan fingerprint density at radius 2 is 1.83 bits per heavy atom. The van der Waals surface area contributed by atoms with Gasteiger partial charge in [-0.15, -0.1) is 0 Å². The molecule has 7 nitrogen and oxygen atoms in total. The topological polar surface area (TPSA) is 104 Å². The average molecular weight is 414 g/mol. The highest BCUT2D eigenvalue weighted by molar-refractivity contribution is 9.10. The van der Waals surface area contributed by atoms with E-state index in [2.05, 4.69) is 15.9 Å². The smallest absolute Gasteiger partial charge is 0.338 e. The molecule has 2 rings (SSSR count). The highest BCUT2D eigenvalue weighted by Crippen LogP contribution is 2.25. The summed E-state index contributed by atoms with van der Waals surface area (Å²) in [6, 6.07) is 10.2. The van der Waals surface area contributed by atoms with Crippen molar-refractivity contribution < 1.29 is 22.9 Å². The van der Waals surface area contributed by atoms with Crippen molar-refractivity contribution in [2.24, 2.45) is 0 Å². The number of nitrogens with zero attached hydrogens (tertiary/aromatic N) is 1. The summed E-state index contributed by atoms with van der Waals surface area (Å²) in [6.45, 7) is -0.00621. The molecular formula is C15H12BrNO6S. The van der Waals surface area contributed by atoms with E-state index in [1.165, 1.54) is 6.07 Å². The standard InChI is InChI=1S/C15H12BrNO6S/c1-24(21,22)14-7-4-11(8-13(14)17(19)20)15(18)23-9-10-2-5-12(16)6-3-10/h2-8H,9H2,1H3. The molecule has 0 unspecified atom stereocenters. The summed E-state index contributed by atoms with van der Waals surface area (Å²) in [4.78, 5) is 21.8. The minimum atomic E-state index is -3.78. The van der Waals surface area contributed by atoms with Crippen molar-refractivity contribution >= 4 is 37.4 Å². The van der Waals surface area contributed by atoms with E-state index in [9.17, 15) is 23.3 Å². The van der Waals surface area contributed by atoms with E-state index in [4.69, 9.17) is 4.74 Å². The maximum Gasteiger partial charge on any atom is 0.338 e. The van der Waals surface area contributed by atoms with Crippen molar-refractivity contribution in [3.8, 4) is 0 Å². The highest BCUT2D eigenvalue weighted by atomic mass is 79.9. The molecule has 0 bridgehead atoms. The van der Waals surface area contributed by atoms with E-state index in [0.29, 0.717) is 0 Å². The Hall–Kier alpha value is -2.26. The lowest BCUT2D eigenvalue weighted by molar-refractivity contribution is -0.387. The lowest BCUT2D eigenvalue weighted by atomic mass is 10.2. The third kappa shape index (κ3) is 4.39. The first-order chi connectivity index (χ1) is 11.2. The lowest BCUT2D eigenvalue weighted by Crippen LogP contribution is -2.08. The summed E-state index contributed by atoms with van der Waals surface area (Å²) in [5.74, 6) is -0.777. The van der Waals surface area contributed by atoms with Crippen molar-refractivity contribution in [3.05, 3.63) is 68.2 Å².